The zero-order chi connectivity index (χ0) is 7.70. The van der Waals surface area contributed by atoms with Gasteiger partial charge in [-0.15, -0.1) is 0 Å². The van der Waals surface area contributed by atoms with Gasteiger partial charge >= 0.3 is 0 Å². The van der Waals surface area contributed by atoms with E-state index in [2.05, 4.69) is 11.7 Å². The third-order valence-electron chi connectivity index (χ3n) is 0.961. The summed E-state index contributed by atoms with van der Waals surface area (Å²) < 4.78 is 0. The third kappa shape index (κ3) is 7.39. The van der Waals surface area contributed by atoms with Gasteiger partial charge in [0, 0.05) is 13.1 Å². The Bertz CT molecular complexity index is 54.2. The second-order valence-corrected chi connectivity index (χ2v) is 1.33. The Labute approximate surface area is 55.8 Å². The van der Waals surface area contributed by atoms with Gasteiger partial charge in [-0.1, -0.05) is 0 Å². The molecule has 0 aliphatic heterocycles. The molecule has 56 valence electrons. The van der Waals surface area contributed by atoms with Crippen molar-refractivity contribution in [1.82, 2.24) is 4.90 Å². The third-order valence-corrected chi connectivity index (χ3v) is 0.961. The topological polar surface area (TPSA) is 72.3 Å². The minimum atomic E-state index is 0.819. The highest BCUT2D eigenvalue weighted by Gasteiger charge is 1.87. The van der Waals surface area contributed by atoms with Crippen molar-refractivity contribution < 1.29 is 4.79 Å². The summed E-state index contributed by atoms with van der Waals surface area (Å²) in [7, 11) is 0. The van der Waals surface area contributed by atoms with E-state index in [-0.39, 0.29) is 0 Å². The van der Waals surface area contributed by atoms with Crippen molar-refractivity contribution in [2.75, 3.05) is 13.1 Å². The molecule has 0 fully saturated rings. The van der Waals surface area contributed by atoms with Crippen LogP contribution in [0.5, 0.6) is 0 Å². The molecule has 0 aromatic carbocycles. The molecule has 0 saturated carbocycles. The maximum atomic E-state index is 9.89. The smallest absolute Gasteiger partial charge is 0.209 e. The quantitative estimate of drug-likeness (QED) is 0.304. The van der Waals surface area contributed by atoms with Crippen molar-refractivity contribution in [1.29, 1.82) is 0 Å². The summed E-state index contributed by atoms with van der Waals surface area (Å²) in [6, 6.07) is 0. The molecule has 0 aromatic rings. The van der Waals surface area contributed by atoms with Crippen LogP contribution >= 0.6 is 0 Å². The average Bonchev–Trinajstić information content (AvgIpc) is 1.96. The minimum absolute atomic E-state index is 0.819. The fraction of sp³-hybridized carbons (Fsp3) is 0.800. The Morgan fingerprint density at radius 1 is 1.33 bits per heavy atom. The maximum absolute atomic E-state index is 9.89. The predicted octanol–water partition coefficient (Wildman–Crippen LogP) is -0.697. The number of nitrogens with zero attached hydrogens (tertiary/aromatic N) is 1. The van der Waals surface area contributed by atoms with Crippen LogP contribution in [0, 0.1) is 0 Å². The lowest BCUT2D eigenvalue weighted by molar-refractivity contribution is -0.117. The number of hydrogen-bond donors (Lipinski definition) is 2. The van der Waals surface area contributed by atoms with Crippen molar-refractivity contribution in [2.24, 2.45) is 11.7 Å². The van der Waals surface area contributed by atoms with E-state index in [1.807, 2.05) is 13.8 Å². The summed E-state index contributed by atoms with van der Waals surface area (Å²) in [6.07, 6.45) is 0.861. The minimum Gasteiger partial charge on any atom is -0.346 e. The van der Waals surface area contributed by atoms with Gasteiger partial charge in [-0.2, -0.15) is 0 Å². The molecule has 4 nitrogen and oxygen atoms in total. The number of carbonyl (C=O) groups is 1. The standard InChI is InChI=1S/C5H11NO.H4N2/c1-3-6(4-2)5-7;1-2/h5H,3-4H2,1-2H3;1-2H2. The van der Waals surface area contributed by atoms with Crippen LogP contribution in [0.4, 0.5) is 0 Å². The molecule has 0 bridgehead atoms. The fourth-order valence-corrected chi connectivity index (χ4v) is 0.373. The van der Waals surface area contributed by atoms with E-state index >= 15 is 0 Å². The van der Waals surface area contributed by atoms with Gasteiger partial charge in [0.25, 0.3) is 0 Å². The molecule has 1 amide bonds. The monoisotopic (exact) mass is 133 g/mol. The molecular weight excluding hydrogens is 118 g/mol. The van der Waals surface area contributed by atoms with Crippen LogP contribution in [0.1, 0.15) is 13.8 Å². The summed E-state index contributed by atoms with van der Waals surface area (Å²) in [4.78, 5) is 11.6. The number of carbonyl (C=O) groups excluding carboxylic acids is 1. The molecule has 0 atom stereocenters. The Balaban J connectivity index is 0. The van der Waals surface area contributed by atoms with Gasteiger partial charge in [0.15, 0.2) is 0 Å². The van der Waals surface area contributed by atoms with E-state index in [0.717, 1.165) is 19.5 Å². The fourth-order valence-electron chi connectivity index (χ4n) is 0.373. The predicted molar refractivity (Wildman–Crippen MR) is 37.4 cm³/mol. The second-order valence-electron chi connectivity index (χ2n) is 1.33. The molecule has 4 heteroatoms. The Morgan fingerprint density at radius 2 is 1.67 bits per heavy atom. The summed E-state index contributed by atoms with van der Waals surface area (Å²) in [5, 5.41) is 0. The normalized spacial score (nSPS) is 7.11. The van der Waals surface area contributed by atoms with Crippen molar-refractivity contribution in [3.05, 3.63) is 0 Å². The number of amides is 1. The highest BCUT2D eigenvalue weighted by molar-refractivity contribution is 5.46. The van der Waals surface area contributed by atoms with Gasteiger partial charge in [0.2, 0.25) is 6.41 Å². The van der Waals surface area contributed by atoms with E-state index in [0.29, 0.717) is 0 Å². The van der Waals surface area contributed by atoms with E-state index in [4.69, 9.17) is 0 Å². The van der Waals surface area contributed by atoms with E-state index in [1.165, 1.54) is 0 Å². The Morgan fingerprint density at radius 3 is 1.67 bits per heavy atom. The number of rotatable bonds is 3. The lowest BCUT2D eigenvalue weighted by atomic mass is 10.6. The van der Waals surface area contributed by atoms with E-state index in [9.17, 15) is 4.79 Å². The first-order chi connectivity index (χ1) is 4.35. The van der Waals surface area contributed by atoms with Crippen LogP contribution < -0.4 is 11.7 Å². The first kappa shape index (κ1) is 11.2. The molecule has 0 heterocycles. The highest BCUT2D eigenvalue weighted by Crippen LogP contribution is 1.75. The number of hydrogen-bond acceptors (Lipinski definition) is 3. The first-order valence-corrected chi connectivity index (χ1v) is 2.87. The van der Waals surface area contributed by atoms with Gasteiger partial charge in [-0.25, -0.2) is 0 Å². The highest BCUT2D eigenvalue weighted by atomic mass is 16.1. The molecule has 0 radical (unpaired) electrons. The Kier molecular flexibility index (Phi) is 13.0. The van der Waals surface area contributed by atoms with Gasteiger partial charge in [-0.3, -0.25) is 16.5 Å². The lowest BCUT2D eigenvalue weighted by Gasteiger charge is -2.08. The summed E-state index contributed by atoms with van der Waals surface area (Å²) in [5.74, 6) is 8.00. The van der Waals surface area contributed by atoms with Crippen LogP contribution in [-0.4, -0.2) is 24.4 Å². The average molecular weight is 133 g/mol. The van der Waals surface area contributed by atoms with Gasteiger partial charge in [0.1, 0.15) is 0 Å². The summed E-state index contributed by atoms with van der Waals surface area (Å²) in [6.45, 7) is 5.55. The maximum Gasteiger partial charge on any atom is 0.209 e. The molecule has 0 rings (SSSR count). The van der Waals surface area contributed by atoms with Gasteiger partial charge in [0.05, 0.1) is 0 Å². The molecular formula is C5H15N3O. The largest absolute Gasteiger partial charge is 0.346 e. The van der Waals surface area contributed by atoms with E-state index < -0.39 is 0 Å². The molecule has 0 spiro atoms. The van der Waals surface area contributed by atoms with Crippen LogP contribution in [0.2, 0.25) is 0 Å². The Hall–Kier alpha value is -0.610. The van der Waals surface area contributed by atoms with Crippen molar-refractivity contribution in [2.45, 2.75) is 13.8 Å². The van der Waals surface area contributed by atoms with Gasteiger partial charge < -0.3 is 4.90 Å². The van der Waals surface area contributed by atoms with Crippen molar-refractivity contribution >= 4 is 6.41 Å². The summed E-state index contributed by atoms with van der Waals surface area (Å²) >= 11 is 0. The van der Waals surface area contributed by atoms with Crippen LogP contribution in [0.15, 0.2) is 0 Å². The van der Waals surface area contributed by atoms with Crippen LogP contribution in [0.3, 0.4) is 0 Å². The SMILES string of the molecule is CCN(C=O)CC.NN. The zero-order valence-electron chi connectivity index (χ0n) is 6.00. The van der Waals surface area contributed by atoms with E-state index in [1.54, 1.807) is 4.90 Å². The van der Waals surface area contributed by atoms with Crippen LogP contribution in [0.25, 0.3) is 0 Å². The molecule has 4 N–H and O–H groups in total. The van der Waals surface area contributed by atoms with Crippen molar-refractivity contribution in [3.63, 3.8) is 0 Å². The molecule has 0 unspecified atom stereocenters. The van der Waals surface area contributed by atoms with Crippen LogP contribution in [-0.2, 0) is 4.79 Å². The lowest BCUT2D eigenvalue weighted by Crippen LogP contribution is -2.19. The number of nitrogens with two attached hydrogens (primary N) is 2. The molecule has 0 saturated heterocycles. The van der Waals surface area contributed by atoms with Crippen molar-refractivity contribution in [3.8, 4) is 0 Å². The molecule has 0 aliphatic carbocycles. The first-order valence-electron chi connectivity index (χ1n) is 2.87. The molecule has 0 aromatic heterocycles. The second kappa shape index (κ2) is 10.4. The molecule has 9 heavy (non-hydrogen) atoms. The van der Waals surface area contributed by atoms with Gasteiger partial charge in [-0.05, 0) is 13.8 Å². The summed E-state index contributed by atoms with van der Waals surface area (Å²) in [5.41, 5.74) is 0. The number of hydrazine groups is 1. The molecule has 0 aliphatic rings. The zero-order valence-corrected chi connectivity index (χ0v) is 6.00.